The Hall–Kier alpha value is -0.770. The minimum atomic E-state index is 0.677. The standard InChI is InChI=1S/C10H22N4/c1-3-5-8-12-10(13-11)14(4-2)9-6-7-9/h9H,3-8,11H2,1-2H3,(H,12,13). The van der Waals surface area contributed by atoms with Gasteiger partial charge in [-0.1, -0.05) is 13.3 Å². The lowest BCUT2D eigenvalue weighted by Gasteiger charge is -2.23. The van der Waals surface area contributed by atoms with Gasteiger partial charge in [0, 0.05) is 19.1 Å². The summed E-state index contributed by atoms with van der Waals surface area (Å²) in [6, 6.07) is 0.677. The predicted molar refractivity (Wildman–Crippen MR) is 59.9 cm³/mol. The van der Waals surface area contributed by atoms with Gasteiger partial charge in [0.05, 0.1) is 0 Å². The van der Waals surface area contributed by atoms with E-state index in [1.165, 1.54) is 19.3 Å². The summed E-state index contributed by atoms with van der Waals surface area (Å²) in [6.07, 6.45) is 4.87. The second kappa shape index (κ2) is 5.86. The van der Waals surface area contributed by atoms with E-state index in [9.17, 15) is 0 Å². The molecule has 1 aliphatic carbocycles. The fourth-order valence-corrected chi connectivity index (χ4v) is 1.53. The lowest BCUT2D eigenvalue weighted by atomic mass is 10.3. The van der Waals surface area contributed by atoms with Crippen LogP contribution < -0.4 is 11.3 Å². The quantitative estimate of drug-likeness (QED) is 0.229. The van der Waals surface area contributed by atoms with Crippen LogP contribution in [0.15, 0.2) is 4.99 Å². The zero-order valence-corrected chi connectivity index (χ0v) is 9.29. The molecule has 0 saturated heterocycles. The highest BCUT2D eigenvalue weighted by Crippen LogP contribution is 2.26. The number of hydrogen-bond donors (Lipinski definition) is 2. The van der Waals surface area contributed by atoms with Gasteiger partial charge in [-0.05, 0) is 26.2 Å². The Labute approximate surface area is 86.5 Å². The van der Waals surface area contributed by atoms with Crippen LogP contribution in [0.5, 0.6) is 0 Å². The van der Waals surface area contributed by atoms with Gasteiger partial charge < -0.3 is 4.90 Å². The molecule has 0 atom stereocenters. The Morgan fingerprint density at radius 1 is 1.50 bits per heavy atom. The van der Waals surface area contributed by atoms with Crippen molar-refractivity contribution in [3.05, 3.63) is 0 Å². The summed E-state index contributed by atoms with van der Waals surface area (Å²) in [7, 11) is 0. The molecule has 4 heteroatoms. The monoisotopic (exact) mass is 198 g/mol. The Kier molecular flexibility index (Phi) is 4.73. The summed E-state index contributed by atoms with van der Waals surface area (Å²) in [4.78, 5) is 6.73. The molecule has 0 radical (unpaired) electrons. The maximum absolute atomic E-state index is 5.47. The SMILES string of the molecule is CCCCN=C(NN)N(CC)C1CC1. The number of nitrogens with zero attached hydrogens (tertiary/aromatic N) is 2. The first kappa shape index (κ1) is 11.3. The molecule has 0 amide bonds. The van der Waals surface area contributed by atoms with Gasteiger partial charge in [0.25, 0.3) is 0 Å². The third-order valence-electron chi connectivity index (χ3n) is 2.50. The smallest absolute Gasteiger partial charge is 0.208 e. The highest BCUT2D eigenvalue weighted by Gasteiger charge is 2.29. The van der Waals surface area contributed by atoms with Gasteiger partial charge in [-0.15, -0.1) is 0 Å². The van der Waals surface area contributed by atoms with Crippen molar-refractivity contribution in [3.8, 4) is 0 Å². The Bertz CT molecular complexity index is 187. The van der Waals surface area contributed by atoms with E-state index in [4.69, 9.17) is 5.84 Å². The summed E-state index contributed by atoms with van der Waals surface area (Å²) in [5.74, 6) is 6.34. The number of unbranched alkanes of at least 4 members (excludes halogenated alkanes) is 1. The van der Waals surface area contributed by atoms with Crippen molar-refractivity contribution in [2.45, 2.75) is 45.6 Å². The highest BCUT2D eigenvalue weighted by molar-refractivity contribution is 5.80. The maximum Gasteiger partial charge on any atom is 0.208 e. The van der Waals surface area contributed by atoms with Crippen LogP contribution >= 0.6 is 0 Å². The number of hydrogen-bond acceptors (Lipinski definition) is 2. The van der Waals surface area contributed by atoms with E-state index in [1.807, 2.05) is 0 Å². The lowest BCUT2D eigenvalue weighted by molar-refractivity contribution is 0.413. The van der Waals surface area contributed by atoms with Gasteiger partial charge >= 0.3 is 0 Å². The zero-order chi connectivity index (χ0) is 10.4. The van der Waals surface area contributed by atoms with Gasteiger partial charge in [0.2, 0.25) is 5.96 Å². The molecular weight excluding hydrogens is 176 g/mol. The number of aliphatic imine (C=N–C) groups is 1. The van der Waals surface area contributed by atoms with Crippen molar-refractivity contribution >= 4 is 5.96 Å². The van der Waals surface area contributed by atoms with Crippen LogP contribution in [-0.4, -0.2) is 30.0 Å². The molecule has 1 fully saturated rings. The van der Waals surface area contributed by atoms with Crippen LogP contribution in [0.25, 0.3) is 0 Å². The summed E-state index contributed by atoms with van der Waals surface area (Å²) in [6.45, 7) is 6.17. The second-order valence-electron chi connectivity index (χ2n) is 3.72. The molecular formula is C10H22N4. The van der Waals surface area contributed by atoms with E-state index >= 15 is 0 Å². The predicted octanol–water partition coefficient (Wildman–Crippen LogP) is 1.09. The van der Waals surface area contributed by atoms with Crippen molar-refractivity contribution in [1.82, 2.24) is 10.3 Å². The highest BCUT2D eigenvalue weighted by atomic mass is 15.4. The Balaban J connectivity index is 2.44. The van der Waals surface area contributed by atoms with Gasteiger partial charge in [0.1, 0.15) is 0 Å². The molecule has 1 saturated carbocycles. The van der Waals surface area contributed by atoms with Crippen molar-refractivity contribution in [1.29, 1.82) is 0 Å². The van der Waals surface area contributed by atoms with Crippen LogP contribution in [0, 0.1) is 0 Å². The van der Waals surface area contributed by atoms with Gasteiger partial charge in [-0.25, -0.2) is 5.84 Å². The molecule has 0 aromatic rings. The lowest BCUT2D eigenvalue weighted by Crippen LogP contribution is -2.46. The third-order valence-corrected chi connectivity index (χ3v) is 2.50. The van der Waals surface area contributed by atoms with Crippen LogP contribution in [0.1, 0.15) is 39.5 Å². The first-order chi connectivity index (χ1) is 6.83. The van der Waals surface area contributed by atoms with Crippen molar-refractivity contribution < 1.29 is 0 Å². The molecule has 1 aliphatic rings. The number of nitrogens with two attached hydrogens (primary N) is 1. The first-order valence-corrected chi connectivity index (χ1v) is 5.61. The maximum atomic E-state index is 5.47. The molecule has 0 heterocycles. The van der Waals surface area contributed by atoms with Crippen LogP contribution in [0.4, 0.5) is 0 Å². The third kappa shape index (κ3) is 3.18. The van der Waals surface area contributed by atoms with Gasteiger partial charge in [-0.2, -0.15) is 0 Å². The molecule has 0 unspecified atom stereocenters. The van der Waals surface area contributed by atoms with E-state index in [0.29, 0.717) is 6.04 Å². The number of hydrazine groups is 1. The molecule has 0 spiro atoms. The topological polar surface area (TPSA) is 53.6 Å². The minimum absolute atomic E-state index is 0.677. The minimum Gasteiger partial charge on any atom is -0.339 e. The number of guanidine groups is 1. The Morgan fingerprint density at radius 2 is 2.21 bits per heavy atom. The molecule has 14 heavy (non-hydrogen) atoms. The molecule has 1 rings (SSSR count). The first-order valence-electron chi connectivity index (χ1n) is 5.61. The Morgan fingerprint density at radius 3 is 2.64 bits per heavy atom. The molecule has 4 nitrogen and oxygen atoms in total. The van der Waals surface area contributed by atoms with Crippen LogP contribution in [-0.2, 0) is 0 Å². The van der Waals surface area contributed by atoms with E-state index < -0.39 is 0 Å². The second-order valence-corrected chi connectivity index (χ2v) is 3.72. The zero-order valence-electron chi connectivity index (χ0n) is 9.29. The summed E-state index contributed by atoms with van der Waals surface area (Å²) >= 11 is 0. The molecule has 0 aromatic heterocycles. The molecule has 0 bridgehead atoms. The van der Waals surface area contributed by atoms with Crippen molar-refractivity contribution in [3.63, 3.8) is 0 Å². The van der Waals surface area contributed by atoms with Gasteiger partial charge in [0.15, 0.2) is 0 Å². The fraction of sp³-hybridized carbons (Fsp3) is 0.900. The van der Waals surface area contributed by atoms with Gasteiger partial charge in [-0.3, -0.25) is 10.4 Å². The van der Waals surface area contributed by atoms with Crippen molar-refractivity contribution in [2.24, 2.45) is 10.8 Å². The van der Waals surface area contributed by atoms with E-state index in [2.05, 4.69) is 29.2 Å². The molecule has 3 N–H and O–H groups in total. The average molecular weight is 198 g/mol. The van der Waals surface area contributed by atoms with Crippen molar-refractivity contribution in [2.75, 3.05) is 13.1 Å². The molecule has 0 aliphatic heterocycles. The molecule has 82 valence electrons. The summed E-state index contributed by atoms with van der Waals surface area (Å²) in [5.41, 5.74) is 2.71. The fourth-order valence-electron chi connectivity index (χ4n) is 1.53. The molecule has 0 aromatic carbocycles. The van der Waals surface area contributed by atoms with E-state index in [0.717, 1.165) is 25.5 Å². The van der Waals surface area contributed by atoms with Crippen LogP contribution in [0.2, 0.25) is 0 Å². The largest absolute Gasteiger partial charge is 0.339 e. The number of rotatable bonds is 5. The van der Waals surface area contributed by atoms with E-state index in [-0.39, 0.29) is 0 Å². The van der Waals surface area contributed by atoms with E-state index in [1.54, 1.807) is 0 Å². The van der Waals surface area contributed by atoms with Crippen LogP contribution in [0.3, 0.4) is 0 Å². The number of nitrogens with one attached hydrogen (secondary N) is 1. The summed E-state index contributed by atoms with van der Waals surface area (Å²) in [5, 5.41) is 0. The summed E-state index contributed by atoms with van der Waals surface area (Å²) < 4.78 is 0. The average Bonchev–Trinajstić information content (AvgIpc) is 3.01. The normalized spacial score (nSPS) is 16.9.